The minimum Gasteiger partial charge on any atom is -0.496 e. The summed E-state index contributed by atoms with van der Waals surface area (Å²) in [6.45, 7) is 4.97. The van der Waals surface area contributed by atoms with E-state index in [2.05, 4.69) is 20.4 Å². The fourth-order valence-electron chi connectivity index (χ4n) is 8.61. The van der Waals surface area contributed by atoms with Crippen LogP contribution >= 0.6 is 0 Å². The zero-order chi connectivity index (χ0) is 42.0. The quantitative estimate of drug-likeness (QED) is 0.192. The minimum atomic E-state index is -1.01. The van der Waals surface area contributed by atoms with Gasteiger partial charge in [-0.2, -0.15) is 0 Å². The Labute approximate surface area is 343 Å². The van der Waals surface area contributed by atoms with Gasteiger partial charge in [-0.15, -0.1) is 0 Å². The molecule has 4 aliphatic heterocycles. The third-order valence-electron chi connectivity index (χ3n) is 11.8. The summed E-state index contributed by atoms with van der Waals surface area (Å²) in [6.07, 6.45) is 5.22. The van der Waals surface area contributed by atoms with E-state index < -0.39 is 29.7 Å². The summed E-state index contributed by atoms with van der Waals surface area (Å²) < 4.78 is 19.1. The lowest BCUT2D eigenvalue weighted by molar-refractivity contribution is -0.136. The average molecular weight is 812 g/mol. The number of nitrogens with zero attached hydrogens (tertiary/aromatic N) is 5. The van der Waals surface area contributed by atoms with Gasteiger partial charge in [0, 0.05) is 57.0 Å². The molecule has 0 aliphatic carbocycles. The summed E-state index contributed by atoms with van der Waals surface area (Å²) in [6, 6.07) is 7.55. The number of nitrogens with one attached hydrogen (secondary N) is 2. The molecule has 0 spiro atoms. The van der Waals surface area contributed by atoms with Crippen molar-refractivity contribution in [3.8, 4) is 28.4 Å². The largest absolute Gasteiger partial charge is 0.496 e. The highest BCUT2D eigenvalue weighted by molar-refractivity contribution is 6.23. The second kappa shape index (κ2) is 17.6. The molecule has 0 bridgehead atoms. The summed E-state index contributed by atoms with van der Waals surface area (Å²) in [4.78, 5) is 84.0. The second-order valence-corrected chi connectivity index (χ2v) is 16.0. The number of imide groups is 2. The van der Waals surface area contributed by atoms with Gasteiger partial charge in [0.2, 0.25) is 11.8 Å². The number of carbonyl (C=O) groups is 5. The fraction of sp³-hybridized carbons (Fsp3) is 0.488. The number of aryl methyl sites for hydroxylation is 1. The van der Waals surface area contributed by atoms with Gasteiger partial charge in [-0.05, 0) is 107 Å². The number of methoxy groups -OCH3 is 2. The second-order valence-electron chi connectivity index (χ2n) is 16.0. The van der Waals surface area contributed by atoms with E-state index in [1.165, 1.54) is 0 Å². The number of benzene rings is 2. The number of rotatable bonds is 13. The lowest BCUT2D eigenvalue weighted by atomic mass is 9.91. The Hall–Kier alpha value is -5.74. The fourth-order valence-corrected chi connectivity index (χ4v) is 8.61. The number of amides is 6. The highest BCUT2D eigenvalue weighted by atomic mass is 16.5. The molecule has 1 unspecified atom stereocenters. The van der Waals surface area contributed by atoms with Gasteiger partial charge in [-0.25, -0.2) is 4.79 Å². The molecule has 16 nitrogen and oxygen atoms in total. The molecular formula is C43H53N7O9. The van der Waals surface area contributed by atoms with Crippen molar-refractivity contribution in [1.82, 2.24) is 34.8 Å². The van der Waals surface area contributed by atoms with E-state index in [1.54, 1.807) is 48.9 Å². The Kier molecular flexibility index (Phi) is 12.4. The molecule has 2 saturated heterocycles. The molecule has 2 fully saturated rings. The molecule has 59 heavy (non-hydrogen) atoms. The van der Waals surface area contributed by atoms with Crippen molar-refractivity contribution in [2.24, 2.45) is 13.0 Å². The van der Waals surface area contributed by atoms with Crippen LogP contribution in [0.15, 0.2) is 41.3 Å². The van der Waals surface area contributed by atoms with E-state index in [4.69, 9.17) is 14.2 Å². The topological polar surface area (TPSA) is 172 Å². The minimum absolute atomic E-state index is 0.0649. The van der Waals surface area contributed by atoms with Crippen molar-refractivity contribution in [3.63, 3.8) is 0 Å². The molecule has 1 atom stereocenters. The van der Waals surface area contributed by atoms with Gasteiger partial charge < -0.3 is 38.8 Å². The van der Waals surface area contributed by atoms with Crippen LogP contribution in [0.2, 0.25) is 0 Å². The predicted octanol–water partition coefficient (Wildman–Crippen LogP) is 2.78. The average Bonchev–Trinajstić information content (AvgIpc) is 3.47. The number of aromatic nitrogens is 1. The lowest BCUT2D eigenvalue weighted by Crippen LogP contribution is -2.54. The van der Waals surface area contributed by atoms with Gasteiger partial charge in [0.25, 0.3) is 17.4 Å². The van der Waals surface area contributed by atoms with Crippen molar-refractivity contribution in [2.45, 2.75) is 57.7 Å². The maximum Gasteiger partial charge on any atom is 0.317 e. The van der Waals surface area contributed by atoms with E-state index in [9.17, 15) is 28.8 Å². The van der Waals surface area contributed by atoms with Crippen LogP contribution < -0.4 is 30.4 Å². The molecule has 2 aromatic carbocycles. The third-order valence-corrected chi connectivity index (χ3v) is 11.8. The van der Waals surface area contributed by atoms with Crippen LogP contribution in [-0.2, 0) is 36.1 Å². The first-order valence-corrected chi connectivity index (χ1v) is 20.2. The molecule has 3 aromatic rings. The van der Waals surface area contributed by atoms with Crippen LogP contribution in [0.5, 0.6) is 17.2 Å². The van der Waals surface area contributed by atoms with E-state index in [0.29, 0.717) is 61.4 Å². The smallest absolute Gasteiger partial charge is 0.317 e. The van der Waals surface area contributed by atoms with Crippen LogP contribution in [0.1, 0.15) is 69.5 Å². The number of fused-ring (bicyclic) bond motifs is 2. The number of ether oxygens (including phenoxy) is 3. The molecular weight excluding hydrogens is 759 g/mol. The van der Waals surface area contributed by atoms with Crippen LogP contribution in [0.4, 0.5) is 4.79 Å². The van der Waals surface area contributed by atoms with E-state index in [0.717, 1.165) is 66.1 Å². The summed E-state index contributed by atoms with van der Waals surface area (Å²) in [5.74, 6) is 0.0610. The number of urea groups is 1. The number of piperidine rings is 2. The lowest BCUT2D eigenvalue weighted by Gasteiger charge is -2.33. The predicted molar refractivity (Wildman–Crippen MR) is 218 cm³/mol. The van der Waals surface area contributed by atoms with E-state index in [-0.39, 0.29) is 42.1 Å². The molecule has 1 aromatic heterocycles. The zero-order valence-corrected chi connectivity index (χ0v) is 34.4. The number of hydrogen-bond acceptors (Lipinski definition) is 11. The Balaban J connectivity index is 0.867. The molecule has 0 radical (unpaired) electrons. The normalized spacial score (nSPS) is 18.5. The highest BCUT2D eigenvalue weighted by Gasteiger charge is 2.44. The Morgan fingerprint density at radius 2 is 1.59 bits per heavy atom. The van der Waals surface area contributed by atoms with Crippen LogP contribution in [-0.4, -0.2) is 128 Å². The number of hydrogen-bond donors (Lipinski definition) is 2. The molecule has 4 aliphatic rings. The van der Waals surface area contributed by atoms with Crippen molar-refractivity contribution >= 4 is 29.7 Å². The maximum absolute atomic E-state index is 13.4. The molecule has 6 amide bonds. The Morgan fingerprint density at radius 3 is 2.27 bits per heavy atom. The van der Waals surface area contributed by atoms with Gasteiger partial charge in [-0.1, -0.05) is 0 Å². The van der Waals surface area contributed by atoms with Crippen LogP contribution in [0.25, 0.3) is 11.1 Å². The first-order valence-electron chi connectivity index (χ1n) is 20.2. The third kappa shape index (κ3) is 8.69. The van der Waals surface area contributed by atoms with Crippen molar-refractivity contribution in [3.05, 3.63) is 74.7 Å². The molecule has 314 valence electrons. The molecule has 7 rings (SSSR count). The first-order chi connectivity index (χ1) is 28.4. The summed E-state index contributed by atoms with van der Waals surface area (Å²) in [5, 5.41) is 5.35. The number of likely N-dealkylation sites (tertiary alicyclic amines) is 1. The van der Waals surface area contributed by atoms with Gasteiger partial charge in [0.15, 0.2) is 0 Å². The van der Waals surface area contributed by atoms with E-state index >= 15 is 0 Å². The Morgan fingerprint density at radius 1 is 0.881 bits per heavy atom. The number of pyridine rings is 1. The van der Waals surface area contributed by atoms with Gasteiger partial charge >= 0.3 is 6.03 Å². The monoisotopic (exact) mass is 811 g/mol. The van der Waals surface area contributed by atoms with E-state index in [1.807, 2.05) is 32.4 Å². The van der Waals surface area contributed by atoms with Crippen LogP contribution in [0, 0.1) is 5.92 Å². The van der Waals surface area contributed by atoms with Crippen molar-refractivity contribution < 1.29 is 38.2 Å². The van der Waals surface area contributed by atoms with Crippen molar-refractivity contribution in [1.29, 1.82) is 0 Å². The maximum atomic E-state index is 13.4. The SMILES string of the molecule is COc1cc(-c2cn(C)c(=O)c3c2CCN(C(=O)NCC2CCN(CCCOc4ccc5c(c4)C(=O)N(C4CCC(=O)NC4=O)C5=O)CC2)C3)cc(OC)c1CN(C)C. The number of carbonyl (C=O) groups excluding carboxylic acids is 5. The van der Waals surface area contributed by atoms with Crippen LogP contribution in [0.3, 0.4) is 0 Å². The summed E-state index contributed by atoms with van der Waals surface area (Å²) >= 11 is 0. The van der Waals surface area contributed by atoms with Gasteiger partial charge in [0.1, 0.15) is 23.3 Å². The first kappa shape index (κ1) is 41.4. The molecule has 0 saturated carbocycles. The summed E-state index contributed by atoms with van der Waals surface area (Å²) in [7, 11) is 9.00. The van der Waals surface area contributed by atoms with Gasteiger partial charge in [-0.3, -0.25) is 34.2 Å². The zero-order valence-electron chi connectivity index (χ0n) is 34.4. The standard InChI is InChI=1S/C43H53N7O9/c1-46(2)23-34-36(57-4)19-27(20-37(34)58-5)32-24-47(3)40(53)33-25-49(17-13-29(32)33)43(56)44-22-26-11-15-48(16-12-26)14-6-18-59-28-7-8-30-31(21-28)42(55)50(41(30)54)35-9-10-38(51)45-39(35)52/h7-8,19-21,24,26,35H,6,9-18,22-23,25H2,1-5H3,(H,44,56)(H,45,51,52). The summed E-state index contributed by atoms with van der Waals surface area (Å²) in [5.41, 5.74) is 4.61. The Bertz CT molecular complexity index is 2190. The van der Waals surface area contributed by atoms with Gasteiger partial charge in [0.05, 0.1) is 44.1 Å². The molecule has 2 N–H and O–H groups in total. The highest BCUT2D eigenvalue weighted by Crippen LogP contribution is 2.38. The van der Waals surface area contributed by atoms with Crippen molar-refractivity contribution in [2.75, 3.05) is 67.6 Å². The molecule has 5 heterocycles. The molecule has 16 heteroatoms.